The first-order valence-corrected chi connectivity index (χ1v) is 11.2. The van der Waals surface area contributed by atoms with E-state index in [2.05, 4.69) is 49.2 Å². The summed E-state index contributed by atoms with van der Waals surface area (Å²) < 4.78 is 10.9. The summed E-state index contributed by atoms with van der Waals surface area (Å²) in [5, 5.41) is 1.05. The predicted octanol–water partition coefficient (Wildman–Crippen LogP) is 1.07. The molecule has 6 heteroatoms. The van der Waals surface area contributed by atoms with Crippen molar-refractivity contribution in [2.24, 2.45) is 0 Å². The molecule has 2 aromatic carbocycles. The zero-order valence-corrected chi connectivity index (χ0v) is 18.5. The number of piperazine rings is 1. The molecule has 1 saturated heterocycles. The Bertz CT molecular complexity index is 1130. The van der Waals surface area contributed by atoms with Gasteiger partial charge in [-0.15, -0.1) is 0 Å². The van der Waals surface area contributed by atoms with Gasteiger partial charge in [-0.1, -0.05) is 12.1 Å². The molecule has 3 N–H and O–H groups in total. The SMILES string of the molecule is Cc1ccc2c(C(=O)[C@@H](C)[NH+]3CC[NH+](Cc4ccc5c(c4)OCO5)CC3)c(C)[nH]c2c1. The third-order valence-corrected chi connectivity index (χ3v) is 6.88. The molecule has 0 bridgehead atoms. The van der Waals surface area contributed by atoms with Crippen LogP contribution in [0.15, 0.2) is 36.4 Å². The molecule has 5 rings (SSSR count). The zero-order valence-electron chi connectivity index (χ0n) is 18.5. The highest BCUT2D eigenvalue weighted by atomic mass is 16.7. The average Bonchev–Trinajstić information content (AvgIpc) is 3.35. The van der Waals surface area contributed by atoms with Gasteiger partial charge in [0.25, 0.3) is 0 Å². The Kier molecular flexibility index (Phi) is 5.20. The summed E-state index contributed by atoms with van der Waals surface area (Å²) in [6.45, 7) is 11.6. The molecule has 0 radical (unpaired) electrons. The minimum atomic E-state index is -0.0360. The first kappa shape index (κ1) is 20.1. The van der Waals surface area contributed by atoms with Crippen molar-refractivity contribution in [3.63, 3.8) is 0 Å². The highest BCUT2D eigenvalue weighted by molar-refractivity contribution is 6.11. The number of aryl methyl sites for hydroxylation is 2. The van der Waals surface area contributed by atoms with Crippen LogP contribution in [0.3, 0.4) is 0 Å². The lowest BCUT2D eigenvalue weighted by Crippen LogP contribution is -3.29. The van der Waals surface area contributed by atoms with E-state index in [9.17, 15) is 4.79 Å². The minimum absolute atomic E-state index is 0.0360. The van der Waals surface area contributed by atoms with Gasteiger partial charge in [-0.05, 0) is 50.6 Å². The number of benzene rings is 2. The monoisotopic (exact) mass is 421 g/mol. The van der Waals surface area contributed by atoms with Gasteiger partial charge in [-0.3, -0.25) is 4.79 Å². The third-order valence-electron chi connectivity index (χ3n) is 6.88. The van der Waals surface area contributed by atoms with Crippen LogP contribution in [0.4, 0.5) is 0 Å². The first-order chi connectivity index (χ1) is 15.0. The minimum Gasteiger partial charge on any atom is -0.454 e. The fourth-order valence-electron chi connectivity index (χ4n) is 5.04. The van der Waals surface area contributed by atoms with Gasteiger partial charge in [0.2, 0.25) is 12.6 Å². The van der Waals surface area contributed by atoms with Crippen LogP contribution < -0.4 is 19.3 Å². The van der Waals surface area contributed by atoms with Crippen molar-refractivity contribution < 1.29 is 24.1 Å². The van der Waals surface area contributed by atoms with E-state index in [1.807, 2.05) is 13.0 Å². The summed E-state index contributed by atoms with van der Waals surface area (Å²) in [5.41, 5.74) is 5.37. The van der Waals surface area contributed by atoms with Gasteiger partial charge < -0.3 is 24.3 Å². The van der Waals surface area contributed by atoms with Crippen LogP contribution >= 0.6 is 0 Å². The van der Waals surface area contributed by atoms with Crippen LogP contribution in [0.2, 0.25) is 0 Å². The number of aromatic nitrogens is 1. The quantitative estimate of drug-likeness (QED) is 0.540. The van der Waals surface area contributed by atoms with Gasteiger partial charge in [0, 0.05) is 22.2 Å². The van der Waals surface area contributed by atoms with Crippen molar-refractivity contribution in [1.82, 2.24) is 4.98 Å². The smallest absolute Gasteiger partial charge is 0.231 e. The number of hydrogen-bond acceptors (Lipinski definition) is 3. The molecule has 0 unspecified atom stereocenters. The predicted molar refractivity (Wildman–Crippen MR) is 119 cm³/mol. The maximum absolute atomic E-state index is 13.4. The van der Waals surface area contributed by atoms with Gasteiger partial charge in [-0.2, -0.15) is 0 Å². The fraction of sp³-hybridized carbons (Fsp3) is 0.400. The Morgan fingerprint density at radius 1 is 1.03 bits per heavy atom. The van der Waals surface area contributed by atoms with Gasteiger partial charge in [0.15, 0.2) is 11.5 Å². The van der Waals surface area contributed by atoms with Crippen LogP contribution in [0.5, 0.6) is 11.5 Å². The molecule has 162 valence electrons. The number of ether oxygens (including phenoxy) is 2. The van der Waals surface area contributed by atoms with Crippen LogP contribution in [-0.4, -0.2) is 49.8 Å². The fourth-order valence-corrected chi connectivity index (χ4v) is 5.04. The van der Waals surface area contributed by atoms with Crippen LogP contribution in [0.25, 0.3) is 10.9 Å². The second-order valence-electron chi connectivity index (χ2n) is 9.03. The molecule has 0 saturated carbocycles. The topological polar surface area (TPSA) is 60.2 Å². The van der Waals surface area contributed by atoms with Gasteiger partial charge in [-0.25, -0.2) is 0 Å². The highest BCUT2D eigenvalue weighted by Crippen LogP contribution is 2.32. The largest absolute Gasteiger partial charge is 0.454 e. The van der Waals surface area contributed by atoms with Crippen molar-refractivity contribution in [3.8, 4) is 11.5 Å². The molecule has 0 spiro atoms. The first-order valence-electron chi connectivity index (χ1n) is 11.2. The molecule has 1 fully saturated rings. The highest BCUT2D eigenvalue weighted by Gasteiger charge is 2.33. The molecule has 2 aliphatic rings. The number of carbonyl (C=O) groups excluding carboxylic acids is 1. The van der Waals surface area contributed by atoms with Crippen molar-refractivity contribution in [3.05, 3.63) is 58.8 Å². The third kappa shape index (κ3) is 3.82. The van der Waals surface area contributed by atoms with E-state index in [1.54, 1.807) is 4.90 Å². The second kappa shape index (κ2) is 8.02. The number of Topliss-reactive ketones (excluding diaryl/α,β-unsaturated/α-hetero) is 1. The summed E-state index contributed by atoms with van der Waals surface area (Å²) in [5.74, 6) is 1.94. The molecule has 6 nitrogen and oxygen atoms in total. The van der Waals surface area contributed by atoms with Gasteiger partial charge >= 0.3 is 0 Å². The van der Waals surface area contributed by atoms with E-state index in [-0.39, 0.29) is 11.8 Å². The maximum atomic E-state index is 13.4. The average molecular weight is 422 g/mol. The van der Waals surface area contributed by atoms with E-state index in [0.717, 1.165) is 66.4 Å². The maximum Gasteiger partial charge on any atom is 0.231 e. The summed E-state index contributed by atoms with van der Waals surface area (Å²) in [6, 6.07) is 12.5. The lowest BCUT2D eigenvalue weighted by atomic mass is 9.99. The van der Waals surface area contributed by atoms with Gasteiger partial charge in [0.1, 0.15) is 38.8 Å². The second-order valence-corrected chi connectivity index (χ2v) is 9.03. The molecule has 0 aliphatic carbocycles. The molecule has 31 heavy (non-hydrogen) atoms. The molecule has 0 amide bonds. The number of rotatable bonds is 5. The number of quaternary nitrogens is 2. The van der Waals surface area contributed by atoms with Crippen molar-refractivity contribution in [1.29, 1.82) is 0 Å². The molecule has 2 aliphatic heterocycles. The lowest BCUT2D eigenvalue weighted by Gasteiger charge is -2.32. The van der Waals surface area contributed by atoms with Crippen LogP contribution in [-0.2, 0) is 6.54 Å². The number of fused-ring (bicyclic) bond motifs is 2. The standard InChI is InChI=1S/C25H29N3O3/c1-16-4-6-20-21(12-16)26-17(2)24(20)25(29)18(3)28-10-8-27(9-11-28)14-19-5-7-22-23(13-19)31-15-30-22/h4-7,12-13,18,26H,8-11,14-15H2,1-3H3/p+2/t18-/m1/s1. The van der Waals surface area contributed by atoms with E-state index in [1.165, 1.54) is 16.0 Å². The molecule has 3 aromatic rings. The number of carbonyl (C=O) groups is 1. The van der Waals surface area contributed by atoms with E-state index in [4.69, 9.17) is 9.47 Å². The number of ketones is 1. The summed E-state index contributed by atoms with van der Waals surface area (Å²) >= 11 is 0. The van der Waals surface area contributed by atoms with E-state index >= 15 is 0 Å². The molecule has 1 atom stereocenters. The van der Waals surface area contributed by atoms with Crippen LogP contribution in [0, 0.1) is 13.8 Å². The van der Waals surface area contributed by atoms with Crippen molar-refractivity contribution in [2.75, 3.05) is 33.0 Å². The van der Waals surface area contributed by atoms with Gasteiger partial charge in [0.05, 0.1) is 5.56 Å². The van der Waals surface area contributed by atoms with Crippen LogP contribution in [0.1, 0.15) is 34.1 Å². The Labute approximate surface area is 182 Å². The molecule has 1 aromatic heterocycles. The number of H-pyrrole nitrogens is 1. The van der Waals surface area contributed by atoms with E-state index in [0.29, 0.717) is 6.79 Å². The van der Waals surface area contributed by atoms with E-state index < -0.39 is 0 Å². The molecular weight excluding hydrogens is 390 g/mol. The number of aromatic amines is 1. The number of nitrogens with one attached hydrogen (secondary N) is 3. The summed E-state index contributed by atoms with van der Waals surface area (Å²) in [6.07, 6.45) is 0. The Morgan fingerprint density at radius 3 is 2.61 bits per heavy atom. The van der Waals surface area contributed by atoms with Crippen molar-refractivity contribution >= 4 is 16.7 Å². The Balaban J connectivity index is 1.23. The summed E-state index contributed by atoms with van der Waals surface area (Å²) in [7, 11) is 0. The Morgan fingerprint density at radius 2 is 1.81 bits per heavy atom. The summed E-state index contributed by atoms with van der Waals surface area (Å²) in [4.78, 5) is 19.8. The zero-order chi connectivity index (χ0) is 21.5. The molecule has 3 heterocycles. The Hall–Kier alpha value is -2.83. The number of hydrogen-bond donors (Lipinski definition) is 3. The van der Waals surface area contributed by atoms with Crippen molar-refractivity contribution in [2.45, 2.75) is 33.4 Å². The molecular formula is C25H31N3O3+2. The lowest BCUT2D eigenvalue weighted by molar-refractivity contribution is -1.02. The normalized spacial score (nSPS) is 21.4.